The van der Waals surface area contributed by atoms with Crippen molar-refractivity contribution >= 4 is 83.6 Å². The van der Waals surface area contributed by atoms with E-state index in [-0.39, 0.29) is 75.3 Å². The van der Waals surface area contributed by atoms with Crippen molar-refractivity contribution < 1.29 is 68.1 Å². The summed E-state index contributed by atoms with van der Waals surface area (Å²) in [5.41, 5.74) is 16.7. The molecule has 4 aliphatic rings. The number of nitrogens with two attached hydrogens (primary N) is 3. The lowest BCUT2D eigenvalue weighted by Gasteiger charge is -2.35. The summed E-state index contributed by atoms with van der Waals surface area (Å²) in [5.74, 6) is -10.00. The van der Waals surface area contributed by atoms with Crippen LogP contribution >= 0.6 is 12.6 Å². The molecule has 4 rings (SSSR count). The van der Waals surface area contributed by atoms with Gasteiger partial charge in [-0.1, -0.05) is 40.5 Å². The van der Waals surface area contributed by atoms with E-state index in [2.05, 4.69) is 60.2 Å². The van der Waals surface area contributed by atoms with Crippen molar-refractivity contribution in [2.75, 3.05) is 51.6 Å². The molecule has 4 aliphatic heterocycles. The first-order valence-corrected chi connectivity index (χ1v) is 30.2. The molecule has 30 heteroatoms. The second kappa shape index (κ2) is 34.6. The third-order valence-corrected chi connectivity index (χ3v) is 16.6. The summed E-state index contributed by atoms with van der Waals surface area (Å²) in [5, 5.41) is 52.3. The average molecular weight is 1210 g/mol. The molecular formula is C54H93N15O14S. The molecule has 17 N–H and O–H groups in total. The molecule has 0 aliphatic carbocycles. The number of amides is 10. The fourth-order valence-electron chi connectivity index (χ4n) is 10.9. The summed E-state index contributed by atoms with van der Waals surface area (Å²) >= 11 is 4.27. The number of carboxylic acids is 1. The van der Waals surface area contributed by atoms with E-state index in [1.54, 1.807) is 27.7 Å². The first-order chi connectivity index (χ1) is 39.9. The molecule has 4 fully saturated rings. The van der Waals surface area contributed by atoms with E-state index in [1.165, 1.54) is 21.6 Å². The van der Waals surface area contributed by atoms with Crippen LogP contribution in [0.25, 0.3) is 0 Å². The lowest BCUT2D eigenvalue weighted by Crippen LogP contribution is -2.62. The number of unbranched alkanes of at least 4 members (excludes halogenated alkanes) is 1. The van der Waals surface area contributed by atoms with Gasteiger partial charge in [0.05, 0.1) is 18.8 Å². The van der Waals surface area contributed by atoms with Crippen molar-refractivity contribution in [2.24, 2.45) is 34.0 Å². The van der Waals surface area contributed by atoms with Crippen molar-refractivity contribution in [3.05, 3.63) is 0 Å². The zero-order chi connectivity index (χ0) is 62.4. The van der Waals surface area contributed by atoms with Crippen LogP contribution in [0, 0.1) is 11.8 Å². The Morgan fingerprint density at radius 2 is 1.10 bits per heavy atom. The number of aliphatic hydroxyl groups is 2. The van der Waals surface area contributed by atoms with E-state index < -0.39 is 144 Å². The molecule has 0 aromatic rings. The Morgan fingerprint density at radius 1 is 0.595 bits per heavy atom. The Balaban J connectivity index is 1.46. The van der Waals surface area contributed by atoms with Gasteiger partial charge in [0.25, 0.3) is 0 Å². The van der Waals surface area contributed by atoms with Crippen LogP contribution in [0.15, 0.2) is 4.99 Å². The fraction of sp³-hybridized carbons (Fsp3) is 0.778. The van der Waals surface area contributed by atoms with Crippen LogP contribution in [0.5, 0.6) is 0 Å². The van der Waals surface area contributed by atoms with Crippen LogP contribution in [-0.4, -0.2) is 225 Å². The number of aliphatic imine (C=N–C) groups is 1. The predicted molar refractivity (Wildman–Crippen MR) is 311 cm³/mol. The number of hydrogen-bond donors (Lipinski definition) is 15. The Bertz CT molecular complexity index is 2330. The number of aliphatic carboxylic acids is 1. The van der Waals surface area contributed by atoms with Gasteiger partial charge in [0.1, 0.15) is 60.4 Å². The number of nitrogens with one attached hydrogen (secondary N) is 8. The number of carbonyl (C=O) groups is 11. The molecule has 10 amide bonds. The van der Waals surface area contributed by atoms with Crippen molar-refractivity contribution in [2.45, 2.75) is 203 Å². The molecule has 0 aromatic heterocycles. The monoisotopic (exact) mass is 1210 g/mol. The number of carboxylic acid groups (broad SMARTS) is 1. The highest BCUT2D eigenvalue weighted by molar-refractivity contribution is 7.80. The maximum Gasteiger partial charge on any atom is 0.326 e. The van der Waals surface area contributed by atoms with Gasteiger partial charge in [0.2, 0.25) is 59.1 Å². The van der Waals surface area contributed by atoms with Gasteiger partial charge in [-0.15, -0.1) is 0 Å². The van der Waals surface area contributed by atoms with Gasteiger partial charge in [-0.3, -0.25) is 52.9 Å². The largest absolute Gasteiger partial charge is 0.480 e. The van der Waals surface area contributed by atoms with Crippen molar-refractivity contribution in [1.82, 2.24) is 57.2 Å². The number of carbonyl (C=O) groups excluding carboxylic acids is 10. The molecule has 0 spiro atoms. The number of nitrogens with zero attached hydrogens (tertiary/aromatic N) is 4. The van der Waals surface area contributed by atoms with Gasteiger partial charge >= 0.3 is 5.97 Å². The highest BCUT2D eigenvalue weighted by Crippen LogP contribution is 2.28. The number of aliphatic hydroxyl groups excluding tert-OH is 2. The van der Waals surface area contributed by atoms with E-state index in [4.69, 9.17) is 17.2 Å². The number of guanidine groups is 1. The third kappa shape index (κ3) is 19.6. The smallest absolute Gasteiger partial charge is 0.326 e. The van der Waals surface area contributed by atoms with E-state index in [0.717, 1.165) is 6.42 Å². The number of rotatable bonds is 33. The lowest BCUT2D eigenvalue weighted by molar-refractivity contribution is -0.149. The maximum atomic E-state index is 14.5. The van der Waals surface area contributed by atoms with E-state index >= 15 is 0 Å². The first-order valence-electron chi connectivity index (χ1n) is 29.6. The standard InChI is InChI=1S/C54H93N15O14S/c1-6-29(3)40(52(81)69-26-14-20-39(69)51(80)68-25-13-19-38(68)48(77)65-41(53(82)83)30(4)7-2)64-45(74)35(27-70)62-43(72)33(16-10-23-59-54(56)57)61-49(78)42(31(5)71)66-46(75)36(28-84)63-44(73)32(15-8-9-21-55)60-47(76)37-18-12-24-67(37)50(79)34-17-11-22-58-34/h29-42,58,70-71,84H,6-28,55H2,1-5H3,(H,60,76)(H,61,78)(H,62,72)(H,63,73)(H,64,74)(H,65,77)(H,66,75)(H,82,83)(H4,56,57,59)/t29-,30-,31+,32-,33-,34-,35-,36-,37-,38-,39-,40-,41-,42-/m0/s1. The van der Waals surface area contributed by atoms with Crippen LogP contribution in [0.3, 0.4) is 0 Å². The highest BCUT2D eigenvalue weighted by Gasteiger charge is 2.46. The summed E-state index contributed by atoms with van der Waals surface area (Å²) in [6.07, 6.45) is 4.03. The summed E-state index contributed by atoms with van der Waals surface area (Å²) in [6, 6.07) is -13.2. The molecule has 0 saturated carbocycles. The minimum absolute atomic E-state index is 0.0256. The minimum Gasteiger partial charge on any atom is -0.480 e. The molecule has 29 nitrogen and oxygen atoms in total. The summed E-state index contributed by atoms with van der Waals surface area (Å²) in [4.78, 5) is 159. The zero-order valence-corrected chi connectivity index (χ0v) is 50.0. The fourth-order valence-corrected chi connectivity index (χ4v) is 11.1. The first kappa shape index (κ1) is 70.1. The molecule has 474 valence electrons. The van der Waals surface area contributed by atoms with Gasteiger partial charge in [-0.25, -0.2) is 4.79 Å². The van der Waals surface area contributed by atoms with Gasteiger partial charge in [0.15, 0.2) is 5.96 Å². The molecule has 0 bridgehead atoms. The Morgan fingerprint density at radius 3 is 1.63 bits per heavy atom. The Hall–Kier alpha value is -6.37. The number of likely N-dealkylation sites (tertiary alicyclic amines) is 3. The van der Waals surface area contributed by atoms with Crippen LogP contribution < -0.4 is 59.7 Å². The highest BCUT2D eigenvalue weighted by atomic mass is 32.1. The van der Waals surface area contributed by atoms with Gasteiger partial charge in [-0.05, 0) is 115 Å². The average Bonchev–Trinajstić information content (AvgIpc) is 4.14. The van der Waals surface area contributed by atoms with Crippen LogP contribution in [0.4, 0.5) is 0 Å². The van der Waals surface area contributed by atoms with E-state index in [1.807, 2.05) is 0 Å². The number of hydrogen-bond acceptors (Lipinski definition) is 17. The molecule has 4 heterocycles. The molecule has 84 heavy (non-hydrogen) atoms. The summed E-state index contributed by atoms with van der Waals surface area (Å²) in [6.45, 7) is 8.84. The second-order valence-corrected chi connectivity index (χ2v) is 22.7. The van der Waals surface area contributed by atoms with Gasteiger partial charge in [-0.2, -0.15) is 12.6 Å². The second-order valence-electron chi connectivity index (χ2n) is 22.4. The molecule has 4 saturated heterocycles. The number of thiol groups is 1. The SMILES string of the molecule is CC[C@H](C)[C@H](NC(=O)[C@@H]1CCCN1C(=O)[C@@H]1CCCN1C(=O)[C@@H](NC(=O)[C@H](CO)NC(=O)[C@H](CCCN=C(N)N)NC(=O)[C@@H](NC(=O)[C@H](CS)NC(=O)[C@H](CCCCN)NC(=O)[C@@H]1CCCN1C(=O)[C@@H]1CCCN1)[C@@H](C)O)[C@@H](C)CC)C(=O)O. The minimum atomic E-state index is -1.77. The van der Waals surface area contributed by atoms with Crippen molar-refractivity contribution in [3.8, 4) is 0 Å². The summed E-state index contributed by atoms with van der Waals surface area (Å²) in [7, 11) is 0. The van der Waals surface area contributed by atoms with Gasteiger partial charge < -0.3 is 89.8 Å². The molecule has 0 unspecified atom stereocenters. The van der Waals surface area contributed by atoms with Crippen LogP contribution in [0.1, 0.15) is 131 Å². The van der Waals surface area contributed by atoms with Crippen molar-refractivity contribution in [3.63, 3.8) is 0 Å². The molecule has 0 aromatic carbocycles. The normalized spacial score (nSPS) is 22.1. The molecule has 0 radical (unpaired) electrons. The van der Waals surface area contributed by atoms with Gasteiger partial charge in [0, 0.05) is 31.9 Å². The van der Waals surface area contributed by atoms with Crippen LogP contribution in [0.2, 0.25) is 0 Å². The molecular weight excluding hydrogens is 1110 g/mol. The maximum absolute atomic E-state index is 14.5. The summed E-state index contributed by atoms with van der Waals surface area (Å²) < 4.78 is 0. The van der Waals surface area contributed by atoms with E-state index in [9.17, 15) is 68.1 Å². The van der Waals surface area contributed by atoms with Crippen molar-refractivity contribution in [1.29, 1.82) is 0 Å². The quantitative estimate of drug-likeness (QED) is 0.0128. The lowest BCUT2D eigenvalue weighted by atomic mass is 9.96. The van der Waals surface area contributed by atoms with Crippen LogP contribution in [-0.2, 0) is 52.7 Å². The van der Waals surface area contributed by atoms with E-state index in [0.29, 0.717) is 77.4 Å². The Labute approximate surface area is 496 Å². The Kier molecular flexibility index (Phi) is 28.8. The predicted octanol–water partition coefficient (Wildman–Crippen LogP) is -4.23. The third-order valence-electron chi connectivity index (χ3n) is 16.3. The topological polar surface area (TPSA) is 445 Å². The molecule has 14 atom stereocenters. The zero-order valence-electron chi connectivity index (χ0n) is 49.1.